The van der Waals surface area contributed by atoms with Gasteiger partial charge >= 0.3 is 0 Å². The number of hydrogen-bond donors (Lipinski definition) is 2. The number of anilines is 1. The maximum absolute atomic E-state index is 5.75. The lowest BCUT2D eigenvalue weighted by Crippen LogP contribution is -2.26. The van der Waals surface area contributed by atoms with Gasteiger partial charge in [-0.05, 0) is 19.4 Å². The number of nitrogens with two attached hydrogens (primary N) is 1. The Morgan fingerprint density at radius 1 is 1.47 bits per heavy atom. The molecule has 6 heteroatoms. The van der Waals surface area contributed by atoms with Crippen LogP contribution in [0.15, 0.2) is 18.6 Å². The average Bonchev–Trinajstić information content (AvgIpc) is 2.73. The molecule has 1 atom stereocenters. The van der Waals surface area contributed by atoms with E-state index in [4.69, 9.17) is 5.73 Å². The number of H-pyrrole nitrogens is 1. The van der Waals surface area contributed by atoms with Crippen molar-refractivity contribution < 1.29 is 0 Å². The van der Waals surface area contributed by atoms with Gasteiger partial charge in [0.25, 0.3) is 0 Å². The fourth-order valence-corrected chi connectivity index (χ4v) is 1.67. The van der Waals surface area contributed by atoms with Crippen LogP contribution in [0.5, 0.6) is 0 Å². The van der Waals surface area contributed by atoms with Gasteiger partial charge in [0.1, 0.15) is 17.8 Å². The number of halogens is 1. The summed E-state index contributed by atoms with van der Waals surface area (Å²) in [7, 11) is 2.02. The van der Waals surface area contributed by atoms with E-state index < -0.39 is 0 Å². The Morgan fingerprint density at radius 3 is 2.94 bits per heavy atom. The second-order valence-corrected chi connectivity index (χ2v) is 4.12. The van der Waals surface area contributed by atoms with Crippen molar-refractivity contribution >= 4 is 29.3 Å². The third-order valence-electron chi connectivity index (χ3n) is 2.61. The van der Waals surface area contributed by atoms with Crippen molar-refractivity contribution in [3.63, 3.8) is 0 Å². The summed E-state index contributed by atoms with van der Waals surface area (Å²) in [6.45, 7) is 2.91. The van der Waals surface area contributed by atoms with E-state index in [0.29, 0.717) is 0 Å². The van der Waals surface area contributed by atoms with Crippen molar-refractivity contribution in [2.45, 2.75) is 19.4 Å². The molecule has 0 bridgehead atoms. The van der Waals surface area contributed by atoms with E-state index in [0.717, 1.165) is 29.8 Å². The van der Waals surface area contributed by atoms with Crippen LogP contribution in [0.4, 0.5) is 5.82 Å². The summed E-state index contributed by atoms with van der Waals surface area (Å²) in [5, 5.41) is 1.05. The molecule has 1 unspecified atom stereocenters. The first-order valence-corrected chi connectivity index (χ1v) is 5.43. The lowest BCUT2D eigenvalue weighted by molar-refractivity contribution is 0.657. The molecular weight excluding hydrogens is 238 g/mol. The quantitative estimate of drug-likeness (QED) is 0.870. The molecule has 0 saturated carbocycles. The van der Waals surface area contributed by atoms with Crippen LogP contribution >= 0.6 is 12.4 Å². The number of fused-ring (bicyclic) bond motifs is 1. The summed E-state index contributed by atoms with van der Waals surface area (Å²) in [5.41, 5.74) is 6.62. The Morgan fingerprint density at radius 2 is 2.24 bits per heavy atom. The van der Waals surface area contributed by atoms with Crippen LogP contribution in [0.1, 0.15) is 13.3 Å². The molecule has 0 aromatic carbocycles. The molecular formula is C11H18ClN5. The van der Waals surface area contributed by atoms with Gasteiger partial charge in [-0.2, -0.15) is 0 Å². The lowest BCUT2D eigenvalue weighted by atomic mass is 10.2. The summed E-state index contributed by atoms with van der Waals surface area (Å²) in [5.74, 6) is 0.951. The zero-order chi connectivity index (χ0) is 11.5. The zero-order valence-electron chi connectivity index (χ0n) is 10.1. The Labute approximate surface area is 107 Å². The molecule has 3 N–H and O–H groups in total. The van der Waals surface area contributed by atoms with Crippen molar-refractivity contribution in [3.05, 3.63) is 18.6 Å². The first-order valence-electron chi connectivity index (χ1n) is 5.43. The van der Waals surface area contributed by atoms with Crippen LogP contribution in [-0.2, 0) is 0 Å². The molecule has 0 radical (unpaired) electrons. The number of nitrogens with one attached hydrogen (secondary N) is 1. The highest BCUT2D eigenvalue weighted by Crippen LogP contribution is 2.20. The number of aromatic nitrogens is 3. The Hall–Kier alpha value is -1.33. The van der Waals surface area contributed by atoms with E-state index in [2.05, 4.69) is 19.9 Å². The minimum atomic E-state index is 0. The summed E-state index contributed by atoms with van der Waals surface area (Å²) in [6, 6.07) is 2.21. The molecule has 2 aromatic rings. The lowest BCUT2D eigenvalue weighted by Gasteiger charge is -2.19. The molecule has 2 aromatic heterocycles. The van der Waals surface area contributed by atoms with Crippen molar-refractivity contribution in [1.29, 1.82) is 0 Å². The first-order chi connectivity index (χ1) is 7.68. The summed E-state index contributed by atoms with van der Waals surface area (Å²) in [4.78, 5) is 13.7. The van der Waals surface area contributed by atoms with Gasteiger partial charge in [0.2, 0.25) is 0 Å². The van der Waals surface area contributed by atoms with E-state index in [1.165, 1.54) is 0 Å². The minimum Gasteiger partial charge on any atom is -0.359 e. The molecule has 17 heavy (non-hydrogen) atoms. The number of aromatic amines is 1. The highest BCUT2D eigenvalue weighted by molar-refractivity contribution is 5.87. The van der Waals surface area contributed by atoms with Crippen molar-refractivity contribution in [1.82, 2.24) is 15.0 Å². The van der Waals surface area contributed by atoms with Crippen molar-refractivity contribution in [2.75, 3.05) is 18.5 Å². The van der Waals surface area contributed by atoms with Gasteiger partial charge in [-0.25, -0.2) is 9.97 Å². The molecule has 2 rings (SSSR count). The van der Waals surface area contributed by atoms with E-state index in [1.54, 1.807) is 6.33 Å². The van der Waals surface area contributed by atoms with Crippen LogP contribution < -0.4 is 10.6 Å². The van der Waals surface area contributed by atoms with Crippen LogP contribution in [0, 0.1) is 0 Å². The number of hydrogen-bond acceptors (Lipinski definition) is 4. The normalized spacial score (nSPS) is 12.2. The van der Waals surface area contributed by atoms with Crippen LogP contribution in [-0.4, -0.2) is 34.6 Å². The predicted molar refractivity (Wildman–Crippen MR) is 72.7 cm³/mol. The summed E-state index contributed by atoms with van der Waals surface area (Å²) >= 11 is 0. The van der Waals surface area contributed by atoms with Gasteiger partial charge in [0, 0.05) is 25.8 Å². The standard InChI is InChI=1S/C11H17N5.ClH/c1-8(12)4-6-16(2)11-9-3-5-13-10(9)14-7-15-11;/h3,5,7-8H,4,6,12H2,1-2H3,(H,13,14,15);1H. The zero-order valence-corrected chi connectivity index (χ0v) is 10.9. The van der Waals surface area contributed by atoms with E-state index in [1.807, 2.05) is 26.2 Å². The SMILES string of the molecule is CC(N)CCN(C)c1ncnc2[nH]ccc12.Cl. The Bertz CT molecular complexity index is 468. The van der Waals surface area contributed by atoms with Crippen molar-refractivity contribution in [3.8, 4) is 0 Å². The van der Waals surface area contributed by atoms with E-state index in [-0.39, 0.29) is 18.4 Å². The molecule has 0 aliphatic carbocycles. The van der Waals surface area contributed by atoms with Gasteiger partial charge in [-0.1, -0.05) is 0 Å². The van der Waals surface area contributed by atoms with Crippen LogP contribution in [0.3, 0.4) is 0 Å². The molecule has 5 nitrogen and oxygen atoms in total. The third-order valence-corrected chi connectivity index (χ3v) is 2.61. The molecule has 94 valence electrons. The fourth-order valence-electron chi connectivity index (χ4n) is 1.67. The minimum absolute atomic E-state index is 0. The third kappa shape index (κ3) is 3.08. The summed E-state index contributed by atoms with van der Waals surface area (Å²) < 4.78 is 0. The van der Waals surface area contributed by atoms with Gasteiger partial charge in [-0.3, -0.25) is 0 Å². The van der Waals surface area contributed by atoms with Crippen molar-refractivity contribution in [2.24, 2.45) is 5.73 Å². The van der Waals surface area contributed by atoms with Gasteiger partial charge < -0.3 is 15.6 Å². The molecule has 0 aliphatic heterocycles. The second kappa shape index (κ2) is 5.84. The molecule has 0 aliphatic rings. The molecule has 0 fully saturated rings. The van der Waals surface area contributed by atoms with Gasteiger partial charge in [0.15, 0.2) is 0 Å². The fraction of sp³-hybridized carbons (Fsp3) is 0.455. The molecule has 2 heterocycles. The monoisotopic (exact) mass is 255 g/mol. The highest BCUT2D eigenvalue weighted by Gasteiger charge is 2.09. The largest absolute Gasteiger partial charge is 0.359 e. The van der Waals surface area contributed by atoms with Crippen LogP contribution in [0.2, 0.25) is 0 Å². The first kappa shape index (κ1) is 13.7. The summed E-state index contributed by atoms with van der Waals surface area (Å²) in [6.07, 6.45) is 4.41. The molecule has 0 spiro atoms. The Kier molecular flexibility index (Phi) is 4.72. The molecule has 0 saturated heterocycles. The maximum Gasteiger partial charge on any atom is 0.142 e. The van der Waals surface area contributed by atoms with Gasteiger partial charge in [0.05, 0.1) is 5.39 Å². The second-order valence-electron chi connectivity index (χ2n) is 4.12. The van der Waals surface area contributed by atoms with Crippen LogP contribution in [0.25, 0.3) is 11.0 Å². The number of nitrogens with zero attached hydrogens (tertiary/aromatic N) is 3. The predicted octanol–water partition coefficient (Wildman–Crippen LogP) is 1.55. The molecule has 0 amide bonds. The maximum atomic E-state index is 5.75. The van der Waals surface area contributed by atoms with E-state index in [9.17, 15) is 0 Å². The smallest absolute Gasteiger partial charge is 0.142 e. The van der Waals surface area contributed by atoms with Gasteiger partial charge in [-0.15, -0.1) is 12.4 Å². The highest BCUT2D eigenvalue weighted by atomic mass is 35.5. The topological polar surface area (TPSA) is 70.8 Å². The Balaban J connectivity index is 0.00000144. The number of rotatable bonds is 4. The van der Waals surface area contributed by atoms with E-state index >= 15 is 0 Å². The average molecular weight is 256 g/mol.